The van der Waals surface area contributed by atoms with Crippen LogP contribution in [0.15, 0.2) is 4.52 Å². The van der Waals surface area contributed by atoms with Crippen molar-refractivity contribution in [1.29, 1.82) is 0 Å². The third-order valence-electron chi connectivity index (χ3n) is 4.08. The molecule has 0 aromatic carbocycles. The van der Waals surface area contributed by atoms with E-state index in [1.54, 1.807) is 16.5 Å². The number of β-amino-alcohol motifs (C(OH)–C–C–N with tert-alkyl or cyclic N) is 1. The molecular weight excluding hydrogens is 298 g/mol. The van der Waals surface area contributed by atoms with Crippen molar-refractivity contribution < 1.29 is 14.4 Å². The minimum atomic E-state index is -0.444. The third-order valence-corrected chi connectivity index (χ3v) is 4.08. The summed E-state index contributed by atoms with van der Waals surface area (Å²) in [6, 6.07) is 0. The van der Waals surface area contributed by atoms with Gasteiger partial charge in [0.05, 0.1) is 17.4 Å². The molecule has 1 N–H and O–H groups in total. The van der Waals surface area contributed by atoms with Gasteiger partial charge in [-0.1, -0.05) is 5.16 Å². The molecule has 0 bridgehead atoms. The van der Waals surface area contributed by atoms with E-state index in [1.807, 2.05) is 33.0 Å². The average Bonchev–Trinajstić information content (AvgIpc) is 2.94. The summed E-state index contributed by atoms with van der Waals surface area (Å²) in [5, 5.41) is 18.0. The summed E-state index contributed by atoms with van der Waals surface area (Å²) in [5.74, 6) is 1.16. The molecule has 1 aliphatic rings. The van der Waals surface area contributed by atoms with Crippen molar-refractivity contribution in [1.82, 2.24) is 19.8 Å². The predicted molar refractivity (Wildman–Crippen MR) is 84.4 cm³/mol. The van der Waals surface area contributed by atoms with Crippen LogP contribution < -0.4 is 4.90 Å². The molecule has 0 spiro atoms. The summed E-state index contributed by atoms with van der Waals surface area (Å²) in [4.78, 5) is 16.2. The third kappa shape index (κ3) is 2.39. The number of aliphatic hydroxyl groups excluding tert-OH is 1. The molecule has 0 unspecified atom stereocenters. The van der Waals surface area contributed by atoms with E-state index < -0.39 is 6.10 Å². The quantitative estimate of drug-likeness (QED) is 0.890. The van der Waals surface area contributed by atoms with Gasteiger partial charge in [-0.05, 0) is 13.8 Å². The number of nitrogens with zero attached hydrogens (tertiary/aromatic N) is 5. The maximum absolute atomic E-state index is 12.7. The molecule has 1 fully saturated rings. The Hall–Kier alpha value is -2.35. The molecule has 3 rings (SSSR count). The molecule has 3 heterocycles. The second kappa shape index (κ2) is 5.38. The average molecular weight is 319 g/mol. The fourth-order valence-corrected chi connectivity index (χ4v) is 3.01. The summed E-state index contributed by atoms with van der Waals surface area (Å²) in [6.45, 7) is 4.29. The first-order valence-corrected chi connectivity index (χ1v) is 7.46. The Labute approximate surface area is 134 Å². The van der Waals surface area contributed by atoms with Gasteiger partial charge in [-0.3, -0.25) is 9.48 Å². The standard InChI is InChI=1S/C15H21N5O3/c1-8-11(14(18(3)4)19(5)16-8)13-12(9(2)23-17-13)15(22)20-6-10(21)7-20/h10,21H,6-7H2,1-5H3. The Bertz CT molecular complexity index is 755. The van der Waals surface area contributed by atoms with E-state index in [0.717, 1.165) is 17.1 Å². The van der Waals surface area contributed by atoms with Gasteiger partial charge in [0.25, 0.3) is 5.91 Å². The zero-order chi connectivity index (χ0) is 16.9. The fourth-order valence-electron chi connectivity index (χ4n) is 3.01. The number of aliphatic hydroxyl groups is 1. The molecule has 2 aromatic rings. The number of anilines is 1. The molecule has 0 radical (unpaired) electrons. The van der Waals surface area contributed by atoms with Crippen molar-refractivity contribution in [3.8, 4) is 11.3 Å². The van der Waals surface area contributed by atoms with Crippen LogP contribution in [0.3, 0.4) is 0 Å². The number of amides is 1. The van der Waals surface area contributed by atoms with Gasteiger partial charge in [-0.15, -0.1) is 0 Å². The Morgan fingerprint density at radius 1 is 1.35 bits per heavy atom. The van der Waals surface area contributed by atoms with E-state index in [1.165, 1.54) is 0 Å². The molecule has 0 saturated carbocycles. The van der Waals surface area contributed by atoms with Crippen LogP contribution in [0, 0.1) is 13.8 Å². The smallest absolute Gasteiger partial charge is 0.259 e. The maximum Gasteiger partial charge on any atom is 0.259 e. The van der Waals surface area contributed by atoms with Crippen molar-refractivity contribution in [2.24, 2.45) is 7.05 Å². The summed E-state index contributed by atoms with van der Waals surface area (Å²) in [5.41, 5.74) is 2.51. The van der Waals surface area contributed by atoms with Crippen molar-refractivity contribution in [2.75, 3.05) is 32.1 Å². The first-order valence-electron chi connectivity index (χ1n) is 7.46. The Morgan fingerprint density at radius 2 is 2.00 bits per heavy atom. The lowest BCUT2D eigenvalue weighted by Crippen LogP contribution is -2.53. The van der Waals surface area contributed by atoms with Gasteiger partial charge in [0.15, 0.2) is 0 Å². The number of likely N-dealkylation sites (tertiary alicyclic amines) is 1. The molecular formula is C15H21N5O3. The largest absolute Gasteiger partial charge is 0.389 e. The minimum absolute atomic E-state index is 0.169. The number of aryl methyl sites for hydroxylation is 3. The lowest BCUT2D eigenvalue weighted by molar-refractivity contribution is 0.00582. The molecule has 2 aromatic heterocycles. The second-order valence-corrected chi connectivity index (χ2v) is 6.13. The van der Waals surface area contributed by atoms with Crippen molar-refractivity contribution in [3.05, 3.63) is 17.0 Å². The van der Waals surface area contributed by atoms with Crippen LogP contribution in [0.5, 0.6) is 0 Å². The van der Waals surface area contributed by atoms with Crippen LogP contribution in [0.4, 0.5) is 5.82 Å². The number of carbonyl (C=O) groups is 1. The SMILES string of the molecule is Cc1nn(C)c(N(C)C)c1-c1noc(C)c1C(=O)N1CC(O)C1. The minimum Gasteiger partial charge on any atom is -0.389 e. The van der Waals surface area contributed by atoms with E-state index >= 15 is 0 Å². The Morgan fingerprint density at radius 3 is 2.57 bits per heavy atom. The normalized spacial score (nSPS) is 15.0. The van der Waals surface area contributed by atoms with E-state index in [9.17, 15) is 9.90 Å². The van der Waals surface area contributed by atoms with Crippen LogP contribution in [0.2, 0.25) is 0 Å². The summed E-state index contributed by atoms with van der Waals surface area (Å²) < 4.78 is 7.06. The van der Waals surface area contributed by atoms with E-state index in [-0.39, 0.29) is 5.91 Å². The van der Waals surface area contributed by atoms with Gasteiger partial charge in [-0.25, -0.2) is 0 Å². The van der Waals surface area contributed by atoms with Gasteiger partial charge in [0.2, 0.25) is 0 Å². The lowest BCUT2D eigenvalue weighted by atomic mass is 10.0. The number of aromatic nitrogens is 3. The zero-order valence-electron chi connectivity index (χ0n) is 14.0. The van der Waals surface area contributed by atoms with E-state index in [0.29, 0.717) is 30.1 Å². The molecule has 8 heteroatoms. The Balaban J connectivity index is 2.11. The lowest BCUT2D eigenvalue weighted by Gasteiger charge is -2.35. The predicted octanol–water partition coefficient (Wildman–Crippen LogP) is 0.575. The molecule has 0 aliphatic carbocycles. The van der Waals surface area contributed by atoms with Crippen molar-refractivity contribution >= 4 is 11.7 Å². The highest BCUT2D eigenvalue weighted by atomic mass is 16.5. The fraction of sp³-hybridized carbons (Fsp3) is 0.533. The number of carbonyl (C=O) groups excluding carboxylic acids is 1. The molecule has 23 heavy (non-hydrogen) atoms. The van der Waals surface area contributed by atoms with E-state index in [2.05, 4.69) is 10.3 Å². The number of hydrogen-bond acceptors (Lipinski definition) is 6. The van der Waals surface area contributed by atoms with Gasteiger partial charge in [0, 0.05) is 34.2 Å². The topological polar surface area (TPSA) is 87.6 Å². The maximum atomic E-state index is 12.7. The first kappa shape index (κ1) is 15.5. The van der Waals surface area contributed by atoms with Crippen LogP contribution >= 0.6 is 0 Å². The number of rotatable bonds is 3. The van der Waals surface area contributed by atoms with E-state index in [4.69, 9.17) is 4.52 Å². The summed E-state index contributed by atoms with van der Waals surface area (Å²) in [7, 11) is 5.69. The molecule has 1 amide bonds. The van der Waals surface area contributed by atoms with Gasteiger partial charge in [0.1, 0.15) is 22.8 Å². The molecule has 1 saturated heterocycles. The zero-order valence-corrected chi connectivity index (χ0v) is 14.0. The van der Waals surface area contributed by atoms with Crippen LogP contribution in [0.1, 0.15) is 21.8 Å². The van der Waals surface area contributed by atoms with Gasteiger partial charge < -0.3 is 19.4 Å². The second-order valence-electron chi connectivity index (χ2n) is 6.13. The summed E-state index contributed by atoms with van der Waals surface area (Å²) in [6.07, 6.45) is -0.444. The molecule has 0 atom stereocenters. The molecule has 124 valence electrons. The van der Waals surface area contributed by atoms with Crippen LogP contribution in [-0.2, 0) is 7.05 Å². The monoisotopic (exact) mass is 319 g/mol. The van der Waals surface area contributed by atoms with Crippen molar-refractivity contribution in [3.63, 3.8) is 0 Å². The number of hydrogen-bond donors (Lipinski definition) is 1. The first-order chi connectivity index (χ1) is 10.8. The Kier molecular flexibility index (Phi) is 3.63. The highest BCUT2D eigenvalue weighted by molar-refractivity contribution is 6.02. The van der Waals surface area contributed by atoms with Gasteiger partial charge in [-0.2, -0.15) is 5.10 Å². The van der Waals surface area contributed by atoms with Crippen molar-refractivity contribution in [2.45, 2.75) is 20.0 Å². The highest BCUT2D eigenvalue weighted by Gasteiger charge is 2.35. The molecule has 1 aliphatic heterocycles. The van der Waals surface area contributed by atoms with Gasteiger partial charge >= 0.3 is 0 Å². The molecule has 8 nitrogen and oxygen atoms in total. The van der Waals surface area contributed by atoms with Crippen LogP contribution in [0.25, 0.3) is 11.3 Å². The highest BCUT2D eigenvalue weighted by Crippen LogP contribution is 2.36. The summed E-state index contributed by atoms with van der Waals surface area (Å²) >= 11 is 0. The van der Waals surface area contributed by atoms with Crippen LogP contribution in [-0.4, -0.2) is 64.1 Å².